The fraction of sp³-hybridized carbons (Fsp3) is 0.429. The minimum atomic E-state index is -0.984. The van der Waals surface area contributed by atoms with E-state index in [2.05, 4.69) is 5.32 Å². The molecule has 0 heterocycles. The van der Waals surface area contributed by atoms with Crippen molar-refractivity contribution >= 4 is 17.6 Å². The van der Waals surface area contributed by atoms with Crippen LogP contribution in [0.1, 0.15) is 36.5 Å². The minimum absolute atomic E-state index is 0.0967. The fourth-order valence-corrected chi connectivity index (χ4v) is 2.45. The quantitative estimate of drug-likeness (QED) is 0.775. The number of benzene rings is 1. The van der Waals surface area contributed by atoms with Crippen molar-refractivity contribution in [2.24, 2.45) is 11.1 Å². The molecular weight excluding hydrogens is 244 g/mol. The van der Waals surface area contributed by atoms with Gasteiger partial charge in [0, 0.05) is 11.7 Å². The van der Waals surface area contributed by atoms with Gasteiger partial charge in [0.1, 0.15) is 0 Å². The number of carboxylic acid groups (broad SMARTS) is 1. The van der Waals surface area contributed by atoms with Crippen LogP contribution in [0.4, 0.5) is 5.69 Å². The molecule has 102 valence electrons. The molecule has 0 aromatic heterocycles. The van der Waals surface area contributed by atoms with Crippen LogP contribution in [-0.2, 0) is 4.79 Å². The van der Waals surface area contributed by atoms with Crippen LogP contribution in [0.2, 0.25) is 0 Å². The summed E-state index contributed by atoms with van der Waals surface area (Å²) in [5.74, 6) is -1.08. The summed E-state index contributed by atoms with van der Waals surface area (Å²) < 4.78 is 0. The highest BCUT2D eigenvalue weighted by Crippen LogP contribution is 2.37. The second kappa shape index (κ2) is 5.01. The molecule has 0 spiro atoms. The average Bonchev–Trinajstić information content (AvgIpc) is 2.71. The molecule has 1 saturated carbocycles. The van der Waals surface area contributed by atoms with Gasteiger partial charge in [-0.15, -0.1) is 0 Å². The van der Waals surface area contributed by atoms with Crippen molar-refractivity contribution in [1.29, 1.82) is 0 Å². The Labute approximate surface area is 111 Å². The van der Waals surface area contributed by atoms with E-state index in [9.17, 15) is 9.59 Å². The van der Waals surface area contributed by atoms with Crippen LogP contribution in [0.25, 0.3) is 0 Å². The molecule has 2 rings (SSSR count). The van der Waals surface area contributed by atoms with Crippen molar-refractivity contribution in [2.45, 2.75) is 32.2 Å². The van der Waals surface area contributed by atoms with Crippen molar-refractivity contribution in [1.82, 2.24) is 0 Å². The Morgan fingerprint density at radius 1 is 1.37 bits per heavy atom. The highest BCUT2D eigenvalue weighted by Gasteiger charge is 2.42. The zero-order valence-corrected chi connectivity index (χ0v) is 10.8. The Morgan fingerprint density at radius 3 is 2.47 bits per heavy atom. The van der Waals surface area contributed by atoms with Crippen LogP contribution in [0, 0.1) is 5.41 Å². The van der Waals surface area contributed by atoms with E-state index in [4.69, 9.17) is 10.8 Å². The Morgan fingerprint density at radius 2 is 2.00 bits per heavy atom. The third-order valence-corrected chi connectivity index (χ3v) is 3.94. The SMILES string of the molecule is CC1(C(=O)Nc2ccc(C(=O)O)cc2)CCCC1N. The van der Waals surface area contributed by atoms with Gasteiger partial charge in [-0.05, 0) is 44.0 Å². The number of rotatable bonds is 3. The van der Waals surface area contributed by atoms with Gasteiger partial charge in [-0.1, -0.05) is 6.42 Å². The first-order valence-electron chi connectivity index (χ1n) is 6.34. The third kappa shape index (κ3) is 2.61. The summed E-state index contributed by atoms with van der Waals surface area (Å²) in [5.41, 5.74) is 6.25. The van der Waals surface area contributed by atoms with Crippen LogP contribution in [0.15, 0.2) is 24.3 Å². The number of nitrogens with two attached hydrogens (primary N) is 1. The lowest BCUT2D eigenvalue weighted by molar-refractivity contribution is -0.125. The van der Waals surface area contributed by atoms with E-state index < -0.39 is 11.4 Å². The second-order valence-electron chi connectivity index (χ2n) is 5.25. The molecule has 19 heavy (non-hydrogen) atoms. The number of amides is 1. The molecule has 2 atom stereocenters. The lowest BCUT2D eigenvalue weighted by atomic mass is 9.84. The molecule has 1 amide bonds. The summed E-state index contributed by atoms with van der Waals surface area (Å²) in [6, 6.07) is 5.99. The normalized spacial score (nSPS) is 26.1. The highest BCUT2D eigenvalue weighted by atomic mass is 16.4. The number of hydrogen-bond donors (Lipinski definition) is 3. The molecule has 1 aromatic rings. The van der Waals surface area contributed by atoms with Gasteiger partial charge >= 0.3 is 5.97 Å². The molecular formula is C14H18N2O3. The van der Waals surface area contributed by atoms with Crippen molar-refractivity contribution in [2.75, 3.05) is 5.32 Å². The molecule has 2 unspecified atom stereocenters. The van der Waals surface area contributed by atoms with E-state index >= 15 is 0 Å². The minimum Gasteiger partial charge on any atom is -0.478 e. The van der Waals surface area contributed by atoms with Gasteiger partial charge in [-0.25, -0.2) is 4.79 Å². The Kier molecular flexibility index (Phi) is 3.57. The monoisotopic (exact) mass is 262 g/mol. The van der Waals surface area contributed by atoms with Gasteiger partial charge in [0.15, 0.2) is 0 Å². The van der Waals surface area contributed by atoms with Crippen LogP contribution < -0.4 is 11.1 Å². The standard InChI is InChI=1S/C14H18N2O3/c1-14(8-2-3-11(14)15)13(19)16-10-6-4-9(5-7-10)12(17)18/h4-7,11H,2-3,8,15H2,1H3,(H,16,19)(H,17,18). The predicted molar refractivity (Wildman–Crippen MR) is 72.0 cm³/mol. The van der Waals surface area contributed by atoms with E-state index in [1.54, 1.807) is 12.1 Å². The summed E-state index contributed by atoms with van der Waals surface area (Å²) in [7, 11) is 0. The third-order valence-electron chi connectivity index (χ3n) is 3.94. The van der Waals surface area contributed by atoms with Gasteiger partial charge < -0.3 is 16.2 Å². The molecule has 1 fully saturated rings. The van der Waals surface area contributed by atoms with Crippen LogP contribution >= 0.6 is 0 Å². The van der Waals surface area contributed by atoms with E-state index in [1.165, 1.54) is 12.1 Å². The van der Waals surface area contributed by atoms with Gasteiger partial charge in [0.05, 0.1) is 11.0 Å². The van der Waals surface area contributed by atoms with E-state index in [0.29, 0.717) is 5.69 Å². The summed E-state index contributed by atoms with van der Waals surface area (Å²) in [6.07, 6.45) is 2.61. The van der Waals surface area contributed by atoms with Crippen molar-refractivity contribution < 1.29 is 14.7 Å². The number of carboxylic acids is 1. The van der Waals surface area contributed by atoms with E-state index in [-0.39, 0.29) is 17.5 Å². The predicted octanol–water partition coefficient (Wildman–Crippen LogP) is 1.84. The number of carbonyl (C=O) groups excluding carboxylic acids is 1. The molecule has 1 aliphatic rings. The van der Waals surface area contributed by atoms with Gasteiger partial charge in [-0.3, -0.25) is 4.79 Å². The number of nitrogens with one attached hydrogen (secondary N) is 1. The smallest absolute Gasteiger partial charge is 0.335 e. The second-order valence-corrected chi connectivity index (χ2v) is 5.25. The molecule has 0 bridgehead atoms. The molecule has 1 aromatic carbocycles. The topological polar surface area (TPSA) is 92.4 Å². The lowest BCUT2D eigenvalue weighted by Crippen LogP contribution is -2.44. The van der Waals surface area contributed by atoms with Crippen molar-refractivity contribution in [3.8, 4) is 0 Å². The number of aromatic carboxylic acids is 1. The maximum absolute atomic E-state index is 12.3. The van der Waals surface area contributed by atoms with E-state index in [0.717, 1.165) is 19.3 Å². The van der Waals surface area contributed by atoms with Crippen LogP contribution in [0.3, 0.4) is 0 Å². The van der Waals surface area contributed by atoms with Gasteiger partial charge in [0.25, 0.3) is 0 Å². The summed E-state index contributed by atoms with van der Waals surface area (Å²) in [4.78, 5) is 23.0. The highest BCUT2D eigenvalue weighted by molar-refractivity contribution is 5.96. The maximum atomic E-state index is 12.3. The molecule has 0 aliphatic heterocycles. The molecule has 0 saturated heterocycles. The van der Waals surface area contributed by atoms with Crippen LogP contribution in [0.5, 0.6) is 0 Å². The summed E-state index contributed by atoms with van der Waals surface area (Å²) in [6.45, 7) is 1.88. The lowest BCUT2D eigenvalue weighted by Gasteiger charge is -2.27. The Bertz CT molecular complexity index is 498. The number of carbonyl (C=O) groups is 2. The zero-order valence-electron chi connectivity index (χ0n) is 10.8. The Hall–Kier alpha value is -1.88. The first kappa shape index (κ1) is 13.5. The van der Waals surface area contributed by atoms with E-state index in [1.807, 2.05) is 6.92 Å². The molecule has 5 heteroatoms. The fourth-order valence-electron chi connectivity index (χ4n) is 2.45. The van der Waals surface area contributed by atoms with Gasteiger partial charge in [0.2, 0.25) is 5.91 Å². The van der Waals surface area contributed by atoms with Crippen molar-refractivity contribution in [3.05, 3.63) is 29.8 Å². The maximum Gasteiger partial charge on any atom is 0.335 e. The van der Waals surface area contributed by atoms with Crippen LogP contribution in [-0.4, -0.2) is 23.0 Å². The summed E-state index contributed by atoms with van der Waals surface area (Å²) >= 11 is 0. The number of hydrogen-bond acceptors (Lipinski definition) is 3. The van der Waals surface area contributed by atoms with Gasteiger partial charge in [-0.2, -0.15) is 0 Å². The molecule has 4 N–H and O–H groups in total. The molecule has 0 radical (unpaired) electrons. The Balaban J connectivity index is 2.09. The first-order valence-corrected chi connectivity index (χ1v) is 6.34. The average molecular weight is 262 g/mol. The zero-order chi connectivity index (χ0) is 14.0. The largest absolute Gasteiger partial charge is 0.478 e. The molecule has 1 aliphatic carbocycles. The first-order chi connectivity index (χ1) is 8.93. The molecule has 5 nitrogen and oxygen atoms in total. The number of anilines is 1. The van der Waals surface area contributed by atoms with Crippen molar-refractivity contribution in [3.63, 3.8) is 0 Å². The summed E-state index contributed by atoms with van der Waals surface area (Å²) in [5, 5.41) is 11.6.